The van der Waals surface area contributed by atoms with Crippen LogP contribution in [0.4, 0.5) is 13.2 Å². The van der Waals surface area contributed by atoms with Crippen LogP contribution in [-0.2, 0) is 24.7 Å². The van der Waals surface area contributed by atoms with Crippen molar-refractivity contribution in [1.82, 2.24) is 19.7 Å². The molecule has 2 aromatic rings. The van der Waals surface area contributed by atoms with Gasteiger partial charge in [-0.25, -0.2) is 0 Å². The Balaban J connectivity index is 1.45. The fraction of sp³-hybridized carbons (Fsp3) is 0.600. The van der Waals surface area contributed by atoms with Crippen LogP contribution in [0.3, 0.4) is 0 Å². The second-order valence-electron chi connectivity index (χ2n) is 8.14. The van der Waals surface area contributed by atoms with Gasteiger partial charge in [-0.2, -0.15) is 13.2 Å². The van der Waals surface area contributed by atoms with Gasteiger partial charge in [0.1, 0.15) is 5.82 Å². The van der Waals surface area contributed by atoms with Crippen LogP contribution in [0, 0.1) is 6.92 Å². The molecule has 4 rings (SSSR count). The van der Waals surface area contributed by atoms with Crippen molar-refractivity contribution < 1.29 is 13.2 Å². The summed E-state index contributed by atoms with van der Waals surface area (Å²) in [5.74, 6) is -0.472. The molecule has 1 fully saturated rings. The van der Waals surface area contributed by atoms with Gasteiger partial charge in [0.05, 0.1) is 6.54 Å². The molecule has 0 spiro atoms. The molecule has 2 heterocycles. The van der Waals surface area contributed by atoms with Crippen molar-refractivity contribution in [3.8, 4) is 0 Å². The molecule has 8 heteroatoms. The number of nitrogens with two attached hydrogens (primary N) is 1. The molecule has 152 valence electrons. The van der Waals surface area contributed by atoms with E-state index in [2.05, 4.69) is 46.3 Å². The molecule has 0 amide bonds. The van der Waals surface area contributed by atoms with E-state index in [1.54, 1.807) is 0 Å². The average Bonchev–Trinajstić information content (AvgIpc) is 3.12. The molecule has 0 atom stereocenters. The van der Waals surface area contributed by atoms with Gasteiger partial charge < -0.3 is 10.3 Å². The van der Waals surface area contributed by atoms with Crippen LogP contribution in [0.15, 0.2) is 24.3 Å². The highest BCUT2D eigenvalue weighted by atomic mass is 19.4. The van der Waals surface area contributed by atoms with Crippen LogP contribution >= 0.6 is 0 Å². The van der Waals surface area contributed by atoms with Crippen molar-refractivity contribution in [2.75, 3.05) is 13.1 Å². The molecule has 0 unspecified atom stereocenters. The molecule has 1 saturated carbocycles. The number of benzene rings is 1. The smallest absolute Gasteiger partial charge is 0.330 e. The first-order chi connectivity index (χ1) is 13.3. The number of alkyl halides is 3. The summed E-state index contributed by atoms with van der Waals surface area (Å²) < 4.78 is 40.3. The zero-order valence-electron chi connectivity index (χ0n) is 16.0. The molecule has 0 radical (unpaired) electrons. The summed E-state index contributed by atoms with van der Waals surface area (Å²) in [4.78, 5) is 2.26. The van der Waals surface area contributed by atoms with Gasteiger partial charge >= 0.3 is 6.18 Å². The van der Waals surface area contributed by atoms with E-state index in [9.17, 15) is 13.2 Å². The first kappa shape index (κ1) is 19.4. The van der Waals surface area contributed by atoms with Gasteiger partial charge in [0, 0.05) is 31.1 Å². The van der Waals surface area contributed by atoms with Crippen LogP contribution in [0.1, 0.15) is 48.5 Å². The van der Waals surface area contributed by atoms with E-state index in [-0.39, 0.29) is 12.0 Å². The normalized spacial score (nSPS) is 26.2. The minimum absolute atomic E-state index is 0.00177. The zero-order valence-corrected chi connectivity index (χ0v) is 16.0. The van der Waals surface area contributed by atoms with Crippen LogP contribution in [0.5, 0.6) is 0 Å². The van der Waals surface area contributed by atoms with Gasteiger partial charge in [0.25, 0.3) is 0 Å². The maximum Gasteiger partial charge on any atom is 0.451 e. The fourth-order valence-electron chi connectivity index (χ4n) is 4.80. The minimum Gasteiger partial charge on any atom is -0.330 e. The van der Waals surface area contributed by atoms with E-state index < -0.39 is 12.0 Å². The molecule has 5 nitrogen and oxygen atoms in total. The number of hydrogen-bond acceptors (Lipinski definition) is 4. The number of fused-ring (bicyclic) bond motifs is 1. The summed E-state index contributed by atoms with van der Waals surface area (Å²) in [6.45, 7) is 4.02. The lowest BCUT2D eigenvalue weighted by molar-refractivity contribution is -0.148. The Morgan fingerprint density at radius 2 is 1.93 bits per heavy atom. The van der Waals surface area contributed by atoms with Gasteiger partial charge in [0.15, 0.2) is 0 Å². The van der Waals surface area contributed by atoms with E-state index in [0.717, 1.165) is 25.7 Å². The maximum absolute atomic E-state index is 13.0. The first-order valence-electron chi connectivity index (χ1n) is 9.83. The van der Waals surface area contributed by atoms with Crippen molar-refractivity contribution in [3.63, 3.8) is 0 Å². The Bertz CT molecular complexity index is 837. The second kappa shape index (κ2) is 7.15. The Labute approximate surface area is 162 Å². The van der Waals surface area contributed by atoms with Gasteiger partial charge in [-0.1, -0.05) is 29.8 Å². The predicted octanol–water partition coefficient (Wildman–Crippen LogP) is 3.26. The van der Waals surface area contributed by atoms with E-state index >= 15 is 0 Å². The van der Waals surface area contributed by atoms with E-state index in [4.69, 9.17) is 5.73 Å². The number of rotatable bonds is 3. The third-order valence-corrected chi connectivity index (χ3v) is 6.49. The van der Waals surface area contributed by atoms with E-state index in [1.165, 1.54) is 15.7 Å². The minimum atomic E-state index is -4.45. The Kier molecular flexibility index (Phi) is 4.95. The summed E-state index contributed by atoms with van der Waals surface area (Å²) in [5.41, 5.74) is 8.76. The Morgan fingerprint density at radius 3 is 2.57 bits per heavy atom. The summed E-state index contributed by atoms with van der Waals surface area (Å²) in [7, 11) is 0. The monoisotopic (exact) mass is 393 g/mol. The lowest BCUT2D eigenvalue weighted by atomic mass is 9.67. The summed E-state index contributed by atoms with van der Waals surface area (Å²) in [5, 5.41) is 7.18. The maximum atomic E-state index is 13.0. The van der Waals surface area contributed by atoms with Crippen LogP contribution < -0.4 is 5.73 Å². The number of nitrogens with zero attached hydrogens (tertiary/aromatic N) is 4. The molecular weight excluding hydrogens is 367 g/mol. The lowest BCUT2D eigenvalue weighted by Gasteiger charge is -2.44. The standard InChI is InChI=1S/C20H26F3N5/c1-14-3-2-4-15(11-14)19(13-24)7-5-16(6-8-19)27-9-10-28-17(12-27)25-26-18(28)20(21,22)23/h2-4,11,16H,5-10,12-13,24H2,1H3/t16-,19-. The van der Waals surface area contributed by atoms with Gasteiger partial charge in [-0.3, -0.25) is 4.90 Å². The molecule has 28 heavy (non-hydrogen) atoms. The van der Waals surface area contributed by atoms with Gasteiger partial charge in [-0.05, 0) is 38.2 Å². The van der Waals surface area contributed by atoms with Crippen molar-refractivity contribution >= 4 is 0 Å². The third kappa shape index (κ3) is 3.43. The molecule has 1 aliphatic heterocycles. The molecule has 0 saturated heterocycles. The first-order valence-corrected chi connectivity index (χ1v) is 9.83. The topological polar surface area (TPSA) is 60.0 Å². The van der Waals surface area contributed by atoms with Gasteiger partial charge in [-0.15, -0.1) is 10.2 Å². The fourth-order valence-corrected chi connectivity index (χ4v) is 4.80. The van der Waals surface area contributed by atoms with Crippen LogP contribution in [0.2, 0.25) is 0 Å². The molecule has 1 aliphatic carbocycles. The summed E-state index contributed by atoms with van der Waals surface area (Å²) >= 11 is 0. The molecule has 2 N–H and O–H groups in total. The quantitative estimate of drug-likeness (QED) is 0.870. The van der Waals surface area contributed by atoms with Crippen molar-refractivity contribution in [3.05, 3.63) is 47.0 Å². The van der Waals surface area contributed by atoms with E-state index in [0.29, 0.717) is 31.5 Å². The highest BCUT2D eigenvalue weighted by molar-refractivity contribution is 5.31. The number of hydrogen-bond donors (Lipinski definition) is 1. The summed E-state index contributed by atoms with van der Waals surface area (Å²) in [6.07, 6.45) is -0.479. The number of aromatic nitrogens is 3. The summed E-state index contributed by atoms with van der Waals surface area (Å²) in [6, 6.07) is 8.93. The van der Waals surface area contributed by atoms with Crippen molar-refractivity contribution in [2.24, 2.45) is 5.73 Å². The molecule has 2 aliphatic rings. The highest BCUT2D eigenvalue weighted by Gasteiger charge is 2.41. The Hall–Kier alpha value is -1.93. The zero-order chi connectivity index (χ0) is 19.9. The van der Waals surface area contributed by atoms with Crippen LogP contribution in [0.25, 0.3) is 0 Å². The van der Waals surface area contributed by atoms with Crippen molar-refractivity contribution in [2.45, 2.75) is 63.3 Å². The van der Waals surface area contributed by atoms with Crippen molar-refractivity contribution in [1.29, 1.82) is 0 Å². The Morgan fingerprint density at radius 1 is 1.18 bits per heavy atom. The third-order valence-electron chi connectivity index (χ3n) is 6.49. The molecule has 1 aromatic carbocycles. The molecular formula is C20H26F3N5. The predicted molar refractivity (Wildman–Crippen MR) is 99.6 cm³/mol. The number of halogens is 3. The number of aryl methyl sites for hydroxylation is 1. The molecule has 1 aromatic heterocycles. The lowest BCUT2D eigenvalue weighted by Crippen LogP contribution is -2.47. The molecule has 0 bridgehead atoms. The highest BCUT2D eigenvalue weighted by Crippen LogP contribution is 2.41. The van der Waals surface area contributed by atoms with E-state index in [1.807, 2.05) is 0 Å². The largest absolute Gasteiger partial charge is 0.451 e. The average molecular weight is 393 g/mol. The van der Waals surface area contributed by atoms with Crippen LogP contribution in [-0.4, -0.2) is 38.8 Å². The SMILES string of the molecule is Cc1cccc([C@]2(CN)CC[C@@H](N3CCn4c(nnc4C(F)(F)F)C3)CC2)c1. The van der Waals surface area contributed by atoms with Gasteiger partial charge in [0.2, 0.25) is 5.82 Å². The second-order valence-corrected chi connectivity index (χ2v) is 8.14.